The Morgan fingerprint density at radius 3 is 2.37 bits per heavy atom. The molecular weight excluding hydrogens is 300 g/mol. The van der Waals surface area contributed by atoms with Crippen molar-refractivity contribution < 1.29 is 0 Å². The minimum Gasteiger partial charge on any atom is -0.315 e. The molecular formula is C16H27BrN2. The second-order valence-corrected chi connectivity index (χ2v) is 6.42. The molecule has 0 aliphatic rings. The Balaban J connectivity index is 2.88. The molecule has 0 bridgehead atoms. The average Bonchev–Trinajstić information content (AvgIpc) is 2.37. The summed E-state index contributed by atoms with van der Waals surface area (Å²) in [5.74, 6) is 0. The Kier molecular flexibility index (Phi) is 6.51. The van der Waals surface area contributed by atoms with Crippen LogP contribution in [0.1, 0.15) is 33.3 Å². The molecule has 0 amide bonds. The third-order valence-electron chi connectivity index (χ3n) is 4.11. The van der Waals surface area contributed by atoms with E-state index in [4.69, 9.17) is 0 Å². The van der Waals surface area contributed by atoms with E-state index in [1.807, 2.05) is 0 Å². The molecule has 0 aliphatic heterocycles. The maximum Gasteiger partial charge on any atom is 0.0309 e. The third-order valence-corrected chi connectivity index (χ3v) is 4.60. The molecule has 0 aliphatic carbocycles. The molecule has 0 fully saturated rings. The zero-order chi connectivity index (χ0) is 14.5. The van der Waals surface area contributed by atoms with Crippen LogP contribution in [-0.2, 0) is 6.42 Å². The van der Waals surface area contributed by atoms with Gasteiger partial charge in [0, 0.05) is 16.1 Å². The summed E-state index contributed by atoms with van der Waals surface area (Å²) in [6.45, 7) is 11.3. The van der Waals surface area contributed by atoms with E-state index < -0.39 is 0 Å². The van der Waals surface area contributed by atoms with Gasteiger partial charge in [0.2, 0.25) is 0 Å². The molecule has 108 valence electrons. The van der Waals surface area contributed by atoms with Crippen LogP contribution in [-0.4, -0.2) is 36.6 Å². The second kappa shape index (κ2) is 7.41. The highest BCUT2D eigenvalue weighted by atomic mass is 79.9. The van der Waals surface area contributed by atoms with Crippen molar-refractivity contribution in [3.8, 4) is 0 Å². The Morgan fingerprint density at radius 2 is 1.89 bits per heavy atom. The van der Waals surface area contributed by atoms with Gasteiger partial charge in [0.25, 0.3) is 0 Å². The molecule has 0 aromatic heterocycles. The minimum absolute atomic E-state index is 0.139. The first-order valence-electron chi connectivity index (χ1n) is 7.12. The van der Waals surface area contributed by atoms with E-state index >= 15 is 0 Å². The highest BCUT2D eigenvalue weighted by Gasteiger charge is 2.32. The van der Waals surface area contributed by atoms with Gasteiger partial charge < -0.3 is 5.32 Å². The molecule has 1 atom stereocenters. The fourth-order valence-electron chi connectivity index (χ4n) is 2.86. The second-order valence-electron chi connectivity index (χ2n) is 5.50. The first-order valence-corrected chi connectivity index (χ1v) is 7.91. The number of nitrogens with one attached hydrogen (secondary N) is 1. The molecule has 0 radical (unpaired) electrons. The zero-order valence-corrected chi connectivity index (χ0v) is 14.4. The first kappa shape index (κ1) is 16.7. The lowest BCUT2D eigenvalue weighted by molar-refractivity contribution is 0.0943. The summed E-state index contributed by atoms with van der Waals surface area (Å²) in [6, 6.07) is 9.03. The Morgan fingerprint density at radius 1 is 1.26 bits per heavy atom. The van der Waals surface area contributed by atoms with Crippen molar-refractivity contribution in [3.05, 3.63) is 34.3 Å². The van der Waals surface area contributed by atoms with E-state index in [0.717, 1.165) is 24.0 Å². The molecule has 0 heterocycles. The van der Waals surface area contributed by atoms with Crippen molar-refractivity contribution in [2.24, 2.45) is 0 Å². The lowest BCUT2D eigenvalue weighted by atomic mass is 9.87. The number of hydrogen-bond acceptors (Lipinski definition) is 2. The molecule has 1 N–H and O–H groups in total. The SMILES string of the molecule is CCN(CC)C(C)(C)C(Cc1cccc(Br)c1)NC. The van der Waals surface area contributed by atoms with Gasteiger partial charge in [-0.15, -0.1) is 0 Å². The largest absolute Gasteiger partial charge is 0.315 e. The van der Waals surface area contributed by atoms with Gasteiger partial charge in [-0.2, -0.15) is 0 Å². The van der Waals surface area contributed by atoms with E-state index in [1.54, 1.807) is 0 Å². The van der Waals surface area contributed by atoms with Crippen molar-refractivity contribution in [2.45, 2.75) is 45.7 Å². The van der Waals surface area contributed by atoms with E-state index in [2.05, 4.69) is 85.2 Å². The standard InChI is InChI=1S/C16H27BrN2/c1-6-19(7-2)16(3,4)15(18-5)12-13-9-8-10-14(17)11-13/h8-11,15,18H,6-7,12H2,1-5H3. The minimum atomic E-state index is 0.139. The third kappa shape index (κ3) is 4.30. The summed E-state index contributed by atoms with van der Waals surface area (Å²) in [6.07, 6.45) is 1.04. The van der Waals surface area contributed by atoms with E-state index in [0.29, 0.717) is 6.04 Å². The van der Waals surface area contributed by atoms with Crippen molar-refractivity contribution in [1.29, 1.82) is 0 Å². The van der Waals surface area contributed by atoms with Crippen LogP contribution in [0.2, 0.25) is 0 Å². The van der Waals surface area contributed by atoms with Crippen molar-refractivity contribution in [3.63, 3.8) is 0 Å². The molecule has 1 rings (SSSR count). The summed E-state index contributed by atoms with van der Waals surface area (Å²) >= 11 is 3.55. The van der Waals surface area contributed by atoms with Gasteiger partial charge >= 0.3 is 0 Å². The van der Waals surface area contributed by atoms with Crippen LogP contribution in [0.25, 0.3) is 0 Å². The summed E-state index contributed by atoms with van der Waals surface area (Å²) < 4.78 is 1.15. The van der Waals surface area contributed by atoms with Gasteiger partial charge in [-0.3, -0.25) is 4.90 Å². The molecule has 19 heavy (non-hydrogen) atoms. The maximum atomic E-state index is 3.55. The van der Waals surface area contributed by atoms with Crippen LogP contribution in [0.15, 0.2) is 28.7 Å². The predicted octanol–water partition coefficient (Wildman–Crippen LogP) is 3.70. The predicted molar refractivity (Wildman–Crippen MR) is 87.7 cm³/mol. The number of rotatable bonds is 7. The fourth-order valence-corrected chi connectivity index (χ4v) is 3.31. The molecule has 0 saturated heterocycles. The fraction of sp³-hybridized carbons (Fsp3) is 0.625. The maximum absolute atomic E-state index is 3.55. The van der Waals surface area contributed by atoms with E-state index in [9.17, 15) is 0 Å². The Hall–Kier alpha value is -0.380. The summed E-state index contributed by atoms with van der Waals surface area (Å²) in [4.78, 5) is 2.52. The molecule has 2 nitrogen and oxygen atoms in total. The number of benzene rings is 1. The van der Waals surface area contributed by atoms with Crippen LogP contribution in [0.5, 0.6) is 0 Å². The van der Waals surface area contributed by atoms with Gasteiger partial charge in [0.05, 0.1) is 0 Å². The van der Waals surface area contributed by atoms with Gasteiger partial charge in [-0.25, -0.2) is 0 Å². The smallest absolute Gasteiger partial charge is 0.0309 e. The average molecular weight is 327 g/mol. The molecule has 1 aromatic rings. The van der Waals surface area contributed by atoms with Gasteiger partial charge in [-0.05, 0) is 58.1 Å². The van der Waals surface area contributed by atoms with E-state index in [-0.39, 0.29) is 5.54 Å². The molecule has 0 saturated carbocycles. The van der Waals surface area contributed by atoms with Gasteiger partial charge in [0.15, 0.2) is 0 Å². The lowest BCUT2D eigenvalue weighted by Gasteiger charge is -2.43. The highest BCUT2D eigenvalue weighted by Crippen LogP contribution is 2.23. The molecule has 0 spiro atoms. The first-order chi connectivity index (χ1) is 8.95. The lowest BCUT2D eigenvalue weighted by Crippen LogP contribution is -2.57. The Labute approximate surface area is 126 Å². The van der Waals surface area contributed by atoms with Crippen molar-refractivity contribution >= 4 is 15.9 Å². The summed E-state index contributed by atoms with van der Waals surface area (Å²) in [7, 11) is 2.06. The number of nitrogens with zero attached hydrogens (tertiary/aromatic N) is 1. The van der Waals surface area contributed by atoms with E-state index in [1.165, 1.54) is 5.56 Å². The number of hydrogen-bond donors (Lipinski definition) is 1. The monoisotopic (exact) mass is 326 g/mol. The topological polar surface area (TPSA) is 15.3 Å². The molecule has 3 heteroatoms. The quantitative estimate of drug-likeness (QED) is 0.821. The summed E-state index contributed by atoms with van der Waals surface area (Å²) in [5, 5.41) is 3.50. The zero-order valence-electron chi connectivity index (χ0n) is 12.8. The summed E-state index contributed by atoms with van der Waals surface area (Å²) in [5.41, 5.74) is 1.51. The van der Waals surface area contributed by atoms with Crippen LogP contribution in [0.4, 0.5) is 0 Å². The Bertz CT molecular complexity index is 386. The van der Waals surface area contributed by atoms with Crippen LogP contribution in [0.3, 0.4) is 0 Å². The molecule has 1 unspecified atom stereocenters. The van der Waals surface area contributed by atoms with Crippen LogP contribution in [0, 0.1) is 0 Å². The molecule has 1 aromatic carbocycles. The number of halogens is 1. The highest BCUT2D eigenvalue weighted by molar-refractivity contribution is 9.10. The normalized spacial score (nSPS) is 13.8. The van der Waals surface area contributed by atoms with Crippen molar-refractivity contribution in [2.75, 3.05) is 20.1 Å². The van der Waals surface area contributed by atoms with Crippen molar-refractivity contribution in [1.82, 2.24) is 10.2 Å². The van der Waals surface area contributed by atoms with Crippen LogP contribution < -0.4 is 5.32 Å². The van der Waals surface area contributed by atoms with Gasteiger partial charge in [0.1, 0.15) is 0 Å². The number of likely N-dealkylation sites (N-methyl/N-ethyl adjacent to an activating group) is 2. The van der Waals surface area contributed by atoms with Crippen LogP contribution >= 0.6 is 15.9 Å². The van der Waals surface area contributed by atoms with Gasteiger partial charge in [-0.1, -0.05) is 41.9 Å².